The van der Waals surface area contributed by atoms with Crippen LogP contribution in [0.5, 0.6) is 0 Å². The molecule has 3 fully saturated rings. The molecule has 1 aliphatic heterocycles. The van der Waals surface area contributed by atoms with Crippen LogP contribution in [0.15, 0.2) is 23.8 Å². The van der Waals surface area contributed by atoms with E-state index in [0.29, 0.717) is 19.3 Å². The van der Waals surface area contributed by atoms with E-state index in [0.717, 1.165) is 17.3 Å². The monoisotopic (exact) mass is 554 g/mol. The first kappa shape index (κ1) is 25.7. The van der Waals surface area contributed by atoms with Gasteiger partial charge in [0.15, 0.2) is 17.2 Å². The second-order valence-electron chi connectivity index (χ2n) is 11.6. The van der Waals surface area contributed by atoms with E-state index in [-0.39, 0.29) is 42.9 Å². The predicted molar refractivity (Wildman–Crippen MR) is 130 cm³/mol. The summed E-state index contributed by atoms with van der Waals surface area (Å²) in [5, 5.41) is 12.3. The number of fused-ring (bicyclic) bond motifs is 6. The molecular formula is C27H36BrFO6. The number of carbonyl (C=O) groups is 2. The molecule has 1 saturated heterocycles. The third kappa shape index (κ3) is 3.13. The predicted octanol–water partition coefficient (Wildman–Crippen LogP) is 4.43. The van der Waals surface area contributed by atoms with E-state index in [1.165, 1.54) is 13.2 Å². The van der Waals surface area contributed by atoms with Gasteiger partial charge in [-0.05, 0) is 50.5 Å². The summed E-state index contributed by atoms with van der Waals surface area (Å²) in [6.45, 7) is 5.64. The molecule has 1 N–H and O–H groups in total. The molecule has 5 aliphatic rings. The van der Waals surface area contributed by atoms with Gasteiger partial charge in [-0.1, -0.05) is 47.5 Å². The fourth-order valence-corrected chi connectivity index (χ4v) is 8.75. The highest BCUT2D eigenvalue weighted by Gasteiger charge is 2.77. The summed E-state index contributed by atoms with van der Waals surface area (Å²) in [6, 6.07) is 0. The van der Waals surface area contributed by atoms with Crippen molar-refractivity contribution in [2.24, 2.45) is 28.6 Å². The average Bonchev–Trinajstić information content (AvgIpc) is 3.03. The Bertz CT molecular complexity index is 998. The van der Waals surface area contributed by atoms with Gasteiger partial charge in [0.05, 0.1) is 6.10 Å². The van der Waals surface area contributed by atoms with Crippen LogP contribution in [0.3, 0.4) is 0 Å². The number of hydrogen-bond acceptors (Lipinski definition) is 6. The van der Waals surface area contributed by atoms with Crippen molar-refractivity contribution in [3.63, 3.8) is 0 Å². The van der Waals surface area contributed by atoms with Crippen molar-refractivity contribution in [1.29, 1.82) is 0 Å². The Balaban J connectivity index is 1.59. The van der Waals surface area contributed by atoms with Gasteiger partial charge >= 0.3 is 0 Å². The molecule has 194 valence electrons. The van der Waals surface area contributed by atoms with Crippen molar-refractivity contribution in [3.05, 3.63) is 23.8 Å². The van der Waals surface area contributed by atoms with Gasteiger partial charge in [-0.2, -0.15) is 0 Å². The SMILES string of the molecule is COC1(CCCBr)OCC(=O)[C@@]2(O1)[C@@H](C)CC1C3CC=C4CC(=O)C=C[C@]4(C)[C@@]3(F)[C@@H](O)C[C@@]12C. The van der Waals surface area contributed by atoms with Crippen LogP contribution in [0.4, 0.5) is 4.39 Å². The number of alkyl halides is 2. The highest BCUT2D eigenvalue weighted by Crippen LogP contribution is 2.71. The lowest BCUT2D eigenvalue weighted by Gasteiger charge is -2.63. The molecule has 0 radical (unpaired) electrons. The maximum Gasteiger partial charge on any atom is 0.284 e. The molecule has 0 aromatic carbocycles. The Morgan fingerprint density at radius 3 is 2.71 bits per heavy atom. The van der Waals surface area contributed by atoms with Crippen LogP contribution >= 0.6 is 15.9 Å². The summed E-state index contributed by atoms with van der Waals surface area (Å²) >= 11 is 3.44. The van der Waals surface area contributed by atoms with Gasteiger partial charge in [0.2, 0.25) is 0 Å². The lowest BCUT2D eigenvalue weighted by Crippen LogP contribution is -2.72. The summed E-state index contributed by atoms with van der Waals surface area (Å²) in [5.41, 5.74) is -4.30. The van der Waals surface area contributed by atoms with E-state index in [1.54, 1.807) is 13.0 Å². The molecule has 8 heteroatoms. The standard InChI is InChI=1S/C27H36BrFO6/c1-16-12-20-19-7-6-17-13-18(30)8-10-23(17,2)26(19,29)21(31)14-24(20,3)27(16)22(32)15-34-25(33-4,35-27)9-5-11-28/h6,8,10,16,19-21,31H,5,7,9,11-15H2,1-4H3/t16-,19?,20?,21-,23-,24-,25?,26-,27-/m0/s1. The van der Waals surface area contributed by atoms with Crippen LogP contribution in [0.2, 0.25) is 0 Å². The molecule has 1 heterocycles. The smallest absolute Gasteiger partial charge is 0.284 e. The molecule has 0 aromatic rings. The van der Waals surface area contributed by atoms with Gasteiger partial charge in [0.1, 0.15) is 12.2 Å². The first-order chi connectivity index (χ1) is 16.4. The van der Waals surface area contributed by atoms with Crippen molar-refractivity contribution in [3.8, 4) is 0 Å². The molecule has 0 amide bonds. The van der Waals surface area contributed by atoms with Crippen LogP contribution in [0.25, 0.3) is 0 Å². The van der Waals surface area contributed by atoms with Gasteiger partial charge in [0, 0.05) is 42.0 Å². The third-order valence-corrected chi connectivity index (χ3v) is 10.8. The minimum atomic E-state index is -1.94. The zero-order valence-electron chi connectivity index (χ0n) is 20.9. The van der Waals surface area contributed by atoms with E-state index in [2.05, 4.69) is 15.9 Å². The summed E-state index contributed by atoms with van der Waals surface area (Å²) in [7, 11) is 1.52. The quantitative estimate of drug-likeness (QED) is 0.409. The first-order valence-corrected chi connectivity index (χ1v) is 13.8. The number of rotatable bonds is 4. The minimum Gasteiger partial charge on any atom is -0.390 e. The number of ether oxygens (including phenoxy) is 3. The molecule has 9 atom stereocenters. The Labute approximate surface area is 214 Å². The van der Waals surface area contributed by atoms with Gasteiger partial charge in [-0.25, -0.2) is 4.39 Å². The van der Waals surface area contributed by atoms with E-state index >= 15 is 4.39 Å². The first-order valence-electron chi connectivity index (χ1n) is 12.7. The minimum absolute atomic E-state index is 0.0417. The lowest BCUT2D eigenvalue weighted by molar-refractivity contribution is -0.430. The largest absolute Gasteiger partial charge is 0.390 e. The van der Waals surface area contributed by atoms with Crippen molar-refractivity contribution in [1.82, 2.24) is 0 Å². The number of hydrogen-bond donors (Lipinski definition) is 1. The van der Waals surface area contributed by atoms with E-state index in [4.69, 9.17) is 14.2 Å². The van der Waals surface area contributed by atoms with E-state index < -0.39 is 40.1 Å². The third-order valence-electron chi connectivity index (χ3n) is 10.2. The summed E-state index contributed by atoms with van der Waals surface area (Å²) < 4.78 is 35.6. The number of allylic oxidation sites excluding steroid dienone is 4. The van der Waals surface area contributed by atoms with Gasteiger partial charge < -0.3 is 19.3 Å². The summed E-state index contributed by atoms with van der Waals surface area (Å²) in [5.74, 6) is -2.48. The molecule has 4 aliphatic carbocycles. The van der Waals surface area contributed by atoms with Gasteiger partial charge in [0.25, 0.3) is 5.97 Å². The number of halogens is 2. The zero-order chi connectivity index (χ0) is 25.4. The maximum absolute atomic E-state index is 17.4. The molecule has 1 spiro atoms. The Morgan fingerprint density at radius 2 is 2.03 bits per heavy atom. The number of carbonyl (C=O) groups excluding carboxylic acids is 2. The fourth-order valence-electron chi connectivity index (χ4n) is 8.47. The van der Waals surface area contributed by atoms with Crippen LogP contribution in [0.1, 0.15) is 59.3 Å². The molecule has 5 rings (SSSR count). The number of ketones is 2. The van der Waals surface area contributed by atoms with E-state index in [1.807, 2.05) is 19.9 Å². The van der Waals surface area contributed by atoms with Crippen molar-refractivity contribution >= 4 is 27.5 Å². The highest BCUT2D eigenvalue weighted by atomic mass is 79.9. The molecule has 0 aromatic heterocycles. The second kappa shape index (κ2) is 8.29. The van der Waals surface area contributed by atoms with E-state index in [9.17, 15) is 14.7 Å². The van der Waals surface area contributed by atoms with Crippen molar-refractivity contribution < 1.29 is 33.3 Å². The zero-order valence-corrected chi connectivity index (χ0v) is 22.5. The number of aliphatic hydroxyl groups is 1. The lowest BCUT2D eigenvalue weighted by atomic mass is 9.45. The van der Waals surface area contributed by atoms with Crippen LogP contribution in [-0.2, 0) is 23.8 Å². The highest BCUT2D eigenvalue weighted by molar-refractivity contribution is 9.09. The Kier molecular flexibility index (Phi) is 6.09. The van der Waals surface area contributed by atoms with Crippen molar-refractivity contribution in [2.45, 2.75) is 82.6 Å². The Hall–Kier alpha value is -0.930. The van der Waals surface area contributed by atoms with Crippen molar-refractivity contribution in [2.75, 3.05) is 19.0 Å². The Morgan fingerprint density at radius 1 is 1.29 bits per heavy atom. The molecule has 6 nitrogen and oxygen atoms in total. The number of aliphatic hydroxyl groups excluding tert-OH is 1. The fraction of sp³-hybridized carbons (Fsp3) is 0.778. The average molecular weight is 555 g/mol. The van der Waals surface area contributed by atoms with Gasteiger partial charge in [-0.3, -0.25) is 9.59 Å². The van der Waals surface area contributed by atoms with Crippen LogP contribution in [-0.4, -0.2) is 59.1 Å². The topological polar surface area (TPSA) is 82.1 Å². The van der Waals surface area contributed by atoms with Crippen LogP contribution in [0, 0.1) is 28.6 Å². The molecule has 2 saturated carbocycles. The summed E-state index contributed by atoms with van der Waals surface area (Å²) in [4.78, 5) is 25.8. The van der Waals surface area contributed by atoms with Crippen LogP contribution < -0.4 is 0 Å². The molecule has 35 heavy (non-hydrogen) atoms. The number of Topliss-reactive ketones (excluding diaryl/α,β-unsaturated/α-hetero) is 1. The molecule has 0 bridgehead atoms. The summed E-state index contributed by atoms with van der Waals surface area (Å²) in [6.07, 6.45) is 6.26. The van der Waals surface area contributed by atoms with Gasteiger partial charge in [-0.15, -0.1) is 0 Å². The number of methoxy groups -OCH3 is 1. The molecule has 3 unspecified atom stereocenters. The molecular weight excluding hydrogens is 519 g/mol. The normalized spacial score (nSPS) is 51.1. The second-order valence-corrected chi connectivity index (χ2v) is 12.4. The maximum atomic E-state index is 17.4.